The van der Waals surface area contributed by atoms with Gasteiger partial charge in [0, 0.05) is 16.2 Å². The number of hydrogen-bond acceptors (Lipinski definition) is 3. The fourth-order valence-corrected chi connectivity index (χ4v) is 2.84. The second kappa shape index (κ2) is 5.50. The highest BCUT2D eigenvalue weighted by Gasteiger charge is 2.46. The number of β-lactam (4-membered cyclic amide) rings is 1. The van der Waals surface area contributed by atoms with Crippen molar-refractivity contribution in [1.29, 1.82) is 0 Å². The highest BCUT2D eigenvalue weighted by molar-refractivity contribution is 9.10. The molecule has 2 aromatic rings. The van der Waals surface area contributed by atoms with Gasteiger partial charge >= 0.3 is 0 Å². The van der Waals surface area contributed by atoms with Crippen LogP contribution >= 0.6 is 15.9 Å². The van der Waals surface area contributed by atoms with Crippen LogP contribution in [0.5, 0.6) is 5.75 Å². The smallest absolute Gasteiger partial charge is 0.247 e. The maximum Gasteiger partial charge on any atom is 0.247 e. The normalized spacial score (nSPS) is 21.1. The Hall–Kier alpha value is -1.85. The molecule has 0 spiro atoms. The molecule has 4 nitrogen and oxygen atoms in total. The summed E-state index contributed by atoms with van der Waals surface area (Å²) in [4.78, 5) is 13.9. The van der Waals surface area contributed by atoms with Gasteiger partial charge in [-0.15, -0.1) is 0 Å². The zero-order valence-electron chi connectivity index (χ0n) is 11.5. The van der Waals surface area contributed by atoms with Gasteiger partial charge in [0.05, 0.1) is 13.2 Å². The lowest BCUT2D eigenvalue weighted by Crippen LogP contribution is -2.63. The largest absolute Gasteiger partial charge is 0.497 e. The number of amides is 1. The Bertz CT molecular complexity index is 672. The number of hydrogen-bond donors (Lipinski definition) is 1. The van der Waals surface area contributed by atoms with Crippen molar-refractivity contribution in [3.8, 4) is 5.75 Å². The molecule has 0 aromatic heterocycles. The Morgan fingerprint density at radius 1 is 1.19 bits per heavy atom. The molecule has 1 aliphatic heterocycles. The third kappa shape index (κ3) is 2.43. The van der Waals surface area contributed by atoms with E-state index in [9.17, 15) is 4.79 Å². The Balaban J connectivity index is 1.96. The third-order valence-corrected chi connectivity index (χ3v) is 4.21. The SMILES string of the molecule is COc1cccc(N2C(=O)[C@H](N)[C@H]2c2ccc(Br)cc2)c1. The van der Waals surface area contributed by atoms with Crippen LogP contribution in [-0.4, -0.2) is 19.1 Å². The van der Waals surface area contributed by atoms with Gasteiger partial charge in [-0.25, -0.2) is 0 Å². The number of nitrogens with zero attached hydrogens (tertiary/aromatic N) is 1. The van der Waals surface area contributed by atoms with E-state index in [1.54, 1.807) is 12.0 Å². The van der Waals surface area contributed by atoms with Crippen LogP contribution in [-0.2, 0) is 4.79 Å². The quantitative estimate of drug-likeness (QED) is 0.869. The van der Waals surface area contributed by atoms with E-state index in [0.717, 1.165) is 21.5 Å². The minimum atomic E-state index is -0.502. The lowest BCUT2D eigenvalue weighted by atomic mass is 9.88. The zero-order chi connectivity index (χ0) is 15.0. The average Bonchev–Trinajstić information content (AvgIpc) is 2.52. The van der Waals surface area contributed by atoms with Gasteiger partial charge in [0.25, 0.3) is 0 Å². The van der Waals surface area contributed by atoms with Crippen molar-refractivity contribution in [2.75, 3.05) is 12.0 Å². The van der Waals surface area contributed by atoms with Gasteiger partial charge in [0.15, 0.2) is 0 Å². The summed E-state index contributed by atoms with van der Waals surface area (Å²) in [5.74, 6) is 0.645. The summed E-state index contributed by atoms with van der Waals surface area (Å²) in [7, 11) is 1.61. The van der Waals surface area contributed by atoms with Crippen molar-refractivity contribution in [2.24, 2.45) is 5.73 Å². The van der Waals surface area contributed by atoms with Gasteiger partial charge in [0.2, 0.25) is 5.91 Å². The van der Waals surface area contributed by atoms with Gasteiger partial charge in [-0.3, -0.25) is 4.79 Å². The van der Waals surface area contributed by atoms with Crippen molar-refractivity contribution in [3.63, 3.8) is 0 Å². The van der Waals surface area contributed by atoms with Crippen LogP contribution in [0.3, 0.4) is 0 Å². The predicted molar refractivity (Wildman–Crippen MR) is 85.3 cm³/mol. The standard InChI is InChI=1S/C16H15BrN2O2/c1-21-13-4-2-3-12(9-13)19-15(14(18)16(19)20)10-5-7-11(17)8-6-10/h2-9,14-15H,18H2,1H3/t14-,15-/m1/s1. The van der Waals surface area contributed by atoms with Crippen LogP contribution in [0, 0.1) is 0 Å². The second-order valence-corrected chi connectivity index (χ2v) is 5.85. The summed E-state index contributed by atoms with van der Waals surface area (Å²) in [5, 5.41) is 0. The number of rotatable bonds is 3. The number of nitrogens with two attached hydrogens (primary N) is 1. The molecule has 0 unspecified atom stereocenters. The number of carbonyl (C=O) groups is 1. The van der Waals surface area contributed by atoms with E-state index in [1.807, 2.05) is 48.5 Å². The molecule has 1 fully saturated rings. The minimum Gasteiger partial charge on any atom is -0.497 e. The third-order valence-electron chi connectivity index (χ3n) is 3.68. The first-order chi connectivity index (χ1) is 10.1. The molecule has 0 aliphatic carbocycles. The predicted octanol–water partition coefficient (Wildman–Crippen LogP) is 2.87. The summed E-state index contributed by atoms with van der Waals surface area (Å²) in [6, 6.07) is 14.7. The zero-order valence-corrected chi connectivity index (χ0v) is 13.1. The van der Waals surface area contributed by atoms with E-state index in [4.69, 9.17) is 10.5 Å². The van der Waals surface area contributed by atoms with Gasteiger partial charge in [-0.1, -0.05) is 34.1 Å². The Morgan fingerprint density at radius 2 is 1.90 bits per heavy atom. The fraction of sp³-hybridized carbons (Fsp3) is 0.188. The monoisotopic (exact) mass is 346 g/mol. The molecule has 1 amide bonds. The molecular formula is C16H15BrN2O2. The number of carbonyl (C=O) groups excluding carboxylic acids is 1. The van der Waals surface area contributed by atoms with Crippen molar-refractivity contribution in [1.82, 2.24) is 0 Å². The molecule has 2 atom stereocenters. The van der Waals surface area contributed by atoms with Crippen molar-refractivity contribution >= 4 is 27.5 Å². The summed E-state index contributed by atoms with van der Waals surface area (Å²) < 4.78 is 6.22. The van der Waals surface area contributed by atoms with E-state index >= 15 is 0 Å². The summed E-state index contributed by atoms with van der Waals surface area (Å²) in [6.45, 7) is 0. The van der Waals surface area contributed by atoms with Crippen LogP contribution in [0.4, 0.5) is 5.69 Å². The molecule has 1 aliphatic rings. The first-order valence-electron chi connectivity index (χ1n) is 6.60. The Labute approximate surface area is 131 Å². The lowest BCUT2D eigenvalue weighted by Gasteiger charge is -2.45. The van der Waals surface area contributed by atoms with E-state index in [-0.39, 0.29) is 11.9 Å². The molecular weight excluding hydrogens is 332 g/mol. The Morgan fingerprint density at radius 3 is 2.57 bits per heavy atom. The first-order valence-corrected chi connectivity index (χ1v) is 7.39. The number of anilines is 1. The van der Waals surface area contributed by atoms with E-state index in [0.29, 0.717) is 0 Å². The van der Waals surface area contributed by atoms with Crippen LogP contribution in [0.2, 0.25) is 0 Å². The number of ether oxygens (including phenoxy) is 1. The van der Waals surface area contributed by atoms with Crippen molar-refractivity contribution < 1.29 is 9.53 Å². The van der Waals surface area contributed by atoms with Crippen LogP contribution < -0.4 is 15.4 Å². The summed E-state index contributed by atoms with van der Waals surface area (Å²) in [5.41, 5.74) is 7.82. The van der Waals surface area contributed by atoms with Crippen molar-refractivity contribution in [2.45, 2.75) is 12.1 Å². The fourth-order valence-electron chi connectivity index (χ4n) is 2.58. The maximum absolute atomic E-state index is 12.2. The molecule has 2 aromatic carbocycles. The molecule has 2 N–H and O–H groups in total. The van der Waals surface area contributed by atoms with Gasteiger partial charge < -0.3 is 15.4 Å². The highest BCUT2D eigenvalue weighted by Crippen LogP contribution is 2.39. The molecule has 0 bridgehead atoms. The highest BCUT2D eigenvalue weighted by atomic mass is 79.9. The molecule has 0 saturated carbocycles. The molecule has 3 rings (SSSR count). The molecule has 21 heavy (non-hydrogen) atoms. The first kappa shape index (κ1) is 14.1. The molecule has 0 radical (unpaired) electrons. The minimum absolute atomic E-state index is 0.0730. The van der Waals surface area contributed by atoms with E-state index in [2.05, 4.69) is 15.9 Å². The molecule has 1 saturated heterocycles. The second-order valence-electron chi connectivity index (χ2n) is 4.93. The van der Waals surface area contributed by atoms with Crippen LogP contribution in [0.25, 0.3) is 0 Å². The van der Waals surface area contributed by atoms with Crippen molar-refractivity contribution in [3.05, 3.63) is 58.6 Å². The molecule has 1 heterocycles. The van der Waals surface area contributed by atoms with E-state index in [1.165, 1.54) is 0 Å². The van der Waals surface area contributed by atoms with Crippen LogP contribution in [0.15, 0.2) is 53.0 Å². The Kier molecular flexibility index (Phi) is 3.69. The average molecular weight is 347 g/mol. The summed E-state index contributed by atoms with van der Waals surface area (Å²) >= 11 is 3.41. The maximum atomic E-state index is 12.2. The summed E-state index contributed by atoms with van der Waals surface area (Å²) in [6.07, 6.45) is 0. The molecule has 108 valence electrons. The van der Waals surface area contributed by atoms with Gasteiger partial charge in [-0.05, 0) is 29.8 Å². The number of benzene rings is 2. The molecule has 5 heteroatoms. The van der Waals surface area contributed by atoms with Crippen LogP contribution in [0.1, 0.15) is 11.6 Å². The van der Waals surface area contributed by atoms with Gasteiger partial charge in [0.1, 0.15) is 11.8 Å². The van der Waals surface area contributed by atoms with E-state index < -0.39 is 6.04 Å². The number of methoxy groups -OCH3 is 1. The lowest BCUT2D eigenvalue weighted by molar-refractivity contribution is -0.126. The van der Waals surface area contributed by atoms with Gasteiger partial charge in [-0.2, -0.15) is 0 Å². The topological polar surface area (TPSA) is 55.6 Å². The number of halogens is 1.